The highest BCUT2D eigenvalue weighted by Crippen LogP contribution is 2.41. The van der Waals surface area contributed by atoms with Gasteiger partial charge in [-0.15, -0.1) is 0 Å². The Balaban J connectivity index is 1.61. The number of carbonyl (C=O) groups excluding carboxylic acids is 1. The van der Waals surface area contributed by atoms with Gasteiger partial charge in [0.1, 0.15) is 17.2 Å². The first-order chi connectivity index (χ1) is 15.7. The van der Waals surface area contributed by atoms with Crippen molar-refractivity contribution in [2.45, 2.75) is 6.42 Å². The second-order valence-electron chi connectivity index (χ2n) is 7.55. The molecule has 0 unspecified atom stereocenters. The minimum Gasteiger partial charge on any atom is -0.496 e. The summed E-state index contributed by atoms with van der Waals surface area (Å²) in [6, 6.07) is 21.5. The molecule has 0 spiro atoms. The van der Waals surface area contributed by atoms with E-state index in [9.17, 15) is 4.79 Å². The normalized spacial score (nSPS) is 13.3. The molecule has 5 heteroatoms. The van der Waals surface area contributed by atoms with Gasteiger partial charge in [0, 0.05) is 30.8 Å². The smallest absolute Gasteiger partial charge is 0.254 e. The fourth-order valence-electron chi connectivity index (χ4n) is 4.11. The molecule has 1 heterocycles. The summed E-state index contributed by atoms with van der Waals surface area (Å²) in [4.78, 5) is 15.3. The fourth-order valence-corrected chi connectivity index (χ4v) is 4.11. The lowest BCUT2D eigenvalue weighted by Gasteiger charge is -2.28. The number of hydrogen-bond acceptors (Lipinski definition) is 4. The summed E-state index contributed by atoms with van der Waals surface area (Å²) in [5.41, 5.74) is 4.72. The maximum absolute atomic E-state index is 13.4. The van der Waals surface area contributed by atoms with Crippen LogP contribution in [0.1, 0.15) is 22.3 Å². The van der Waals surface area contributed by atoms with E-state index < -0.39 is 0 Å². The zero-order valence-electron chi connectivity index (χ0n) is 18.6. The van der Waals surface area contributed by atoms with Gasteiger partial charge in [0.05, 0.1) is 26.9 Å². The molecular formula is C27H27NO4. The van der Waals surface area contributed by atoms with E-state index in [4.69, 9.17) is 14.2 Å². The Labute approximate surface area is 188 Å². The molecule has 0 bridgehead atoms. The standard InChI is InChI=1S/C27H27NO4/c1-30-21-17-24(31-2)26(25(18-21)32-3)20-13-15-28(16-14-20)27(29)23-12-8-7-11-22(23)19-9-5-4-6-10-19/h4-13,17-18H,14-16H2,1-3H3. The van der Waals surface area contributed by atoms with Crippen molar-refractivity contribution >= 4 is 11.5 Å². The second kappa shape index (κ2) is 9.60. The Kier molecular flexibility index (Phi) is 6.45. The fraction of sp³-hybridized carbons (Fsp3) is 0.222. The lowest BCUT2D eigenvalue weighted by molar-refractivity contribution is 0.0773. The molecule has 164 valence electrons. The van der Waals surface area contributed by atoms with Crippen molar-refractivity contribution in [2.75, 3.05) is 34.4 Å². The molecule has 0 N–H and O–H groups in total. The molecule has 0 atom stereocenters. The molecular weight excluding hydrogens is 402 g/mol. The third-order valence-electron chi connectivity index (χ3n) is 5.77. The van der Waals surface area contributed by atoms with E-state index >= 15 is 0 Å². The van der Waals surface area contributed by atoms with Crippen LogP contribution >= 0.6 is 0 Å². The number of nitrogens with zero attached hydrogens (tertiary/aromatic N) is 1. The Hall–Kier alpha value is -3.73. The molecule has 0 saturated carbocycles. The van der Waals surface area contributed by atoms with Crippen molar-refractivity contribution in [3.63, 3.8) is 0 Å². The van der Waals surface area contributed by atoms with Gasteiger partial charge in [0.2, 0.25) is 0 Å². The molecule has 0 aromatic heterocycles. The zero-order chi connectivity index (χ0) is 22.5. The summed E-state index contributed by atoms with van der Waals surface area (Å²) in [5, 5.41) is 0. The van der Waals surface area contributed by atoms with Gasteiger partial charge >= 0.3 is 0 Å². The van der Waals surface area contributed by atoms with Gasteiger partial charge in [-0.25, -0.2) is 0 Å². The van der Waals surface area contributed by atoms with E-state index in [-0.39, 0.29) is 5.91 Å². The van der Waals surface area contributed by atoms with Gasteiger partial charge in [-0.05, 0) is 29.2 Å². The molecule has 0 radical (unpaired) electrons. The minimum atomic E-state index is 0.0356. The van der Waals surface area contributed by atoms with Gasteiger partial charge in [0.25, 0.3) is 5.91 Å². The monoisotopic (exact) mass is 429 g/mol. The van der Waals surface area contributed by atoms with E-state index in [0.29, 0.717) is 36.8 Å². The molecule has 1 amide bonds. The molecule has 0 aliphatic carbocycles. The summed E-state index contributed by atoms with van der Waals surface area (Å²) in [6.45, 7) is 1.14. The minimum absolute atomic E-state index is 0.0356. The van der Waals surface area contributed by atoms with Gasteiger partial charge in [-0.1, -0.05) is 54.6 Å². The summed E-state index contributed by atoms with van der Waals surface area (Å²) >= 11 is 0. The van der Waals surface area contributed by atoms with Crippen LogP contribution in [-0.2, 0) is 0 Å². The SMILES string of the molecule is COc1cc(OC)c(C2=CCN(C(=O)c3ccccc3-c3ccccc3)CC2)c(OC)c1. The second-order valence-corrected chi connectivity index (χ2v) is 7.55. The third kappa shape index (κ3) is 4.19. The summed E-state index contributed by atoms with van der Waals surface area (Å²) in [5.74, 6) is 2.10. The van der Waals surface area contributed by atoms with Crippen LogP contribution in [-0.4, -0.2) is 45.2 Å². The van der Waals surface area contributed by atoms with Crippen molar-refractivity contribution in [2.24, 2.45) is 0 Å². The molecule has 1 aliphatic rings. The highest BCUT2D eigenvalue weighted by molar-refractivity contribution is 6.01. The van der Waals surface area contributed by atoms with Crippen molar-refractivity contribution in [1.82, 2.24) is 4.90 Å². The number of benzene rings is 3. The predicted molar refractivity (Wildman–Crippen MR) is 126 cm³/mol. The maximum Gasteiger partial charge on any atom is 0.254 e. The average molecular weight is 430 g/mol. The van der Waals surface area contributed by atoms with Crippen LogP contribution in [0.15, 0.2) is 72.8 Å². The van der Waals surface area contributed by atoms with Crippen LogP contribution in [0.5, 0.6) is 17.2 Å². The van der Waals surface area contributed by atoms with Crippen LogP contribution < -0.4 is 14.2 Å². The Bertz CT molecular complexity index is 1110. The van der Waals surface area contributed by atoms with Crippen molar-refractivity contribution in [3.05, 3.63) is 83.9 Å². The largest absolute Gasteiger partial charge is 0.496 e. The maximum atomic E-state index is 13.4. The number of rotatable bonds is 6. The Morgan fingerprint density at radius 3 is 2.09 bits per heavy atom. The number of ether oxygens (including phenoxy) is 3. The molecule has 3 aromatic carbocycles. The van der Waals surface area contributed by atoms with Crippen LogP contribution in [0.4, 0.5) is 0 Å². The lowest BCUT2D eigenvalue weighted by Crippen LogP contribution is -2.35. The quantitative estimate of drug-likeness (QED) is 0.533. The van der Waals surface area contributed by atoms with Crippen LogP contribution in [0.3, 0.4) is 0 Å². The Morgan fingerprint density at radius 1 is 0.844 bits per heavy atom. The summed E-state index contributed by atoms with van der Waals surface area (Å²) in [7, 11) is 4.89. The molecule has 0 fully saturated rings. The van der Waals surface area contributed by atoms with Gasteiger partial charge in [-0.3, -0.25) is 4.79 Å². The number of amides is 1. The third-order valence-corrected chi connectivity index (χ3v) is 5.77. The van der Waals surface area contributed by atoms with Crippen molar-refractivity contribution in [1.29, 1.82) is 0 Å². The average Bonchev–Trinajstić information content (AvgIpc) is 2.88. The van der Waals surface area contributed by atoms with E-state index in [2.05, 4.69) is 6.08 Å². The molecule has 5 nitrogen and oxygen atoms in total. The Morgan fingerprint density at radius 2 is 1.50 bits per heavy atom. The van der Waals surface area contributed by atoms with E-state index in [1.807, 2.05) is 71.6 Å². The molecule has 0 saturated heterocycles. The van der Waals surface area contributed by atoms with Gasteiger partial charge in [-0.2, -0.15) is 0 Å². The van der Waals surface area contributed by atoms with E-state index in [1.54, 1.807) is 21.3 Å². The van der Waals surface area contributed by atoms with E-state index in [0.717, 1.165) is 27.8 Å². The van der Waals surface area contributed by atoms with Crippen LogP contribution in [0.2, 0.25) is 0 Å². The summed E-state index contributed by atoms with van der Waals surface area (Å²) < 4.78 is 16.6. The van der Waals surface area contributed by atoms with Crippen molar-refractivity contribution in [3.8, 4) is 28.4 Å². The summed E-state index contributed by atoms with van der Waals surface area (Å²) in [6.07, 6.45) is 2.79. The van der Waals surface area contributed by atoms with Crippen LogP contribution in [0.25, 0.3) is 16.7 Å². The first-order valence-electron chi connectivity index (χ1n) is 10.6. The number of hydrogen-bond donors (Lipinski definition) is 0. The van der Waals surface area contributed by atoms with E-state index in [1.165, 1.54) is 0 Å². The first-order valence-corrected chi connectivity index (χ1v) is 10.6. The topological polar surface area (TPSA) is 48.0 Å². The number of methoxy groups -OCH3 is 3. The van der Waals surface area contributed by atoms with Crippen LogP contribution in [0, 0.1) is 0 Å². The molecule has 1 aliphatic heterocycles. The zero-order valence-corrected chi connectivity index (χ0v) is 18.6. The molecule has 4 rings (SSSR count). The number of carbonyl (C=O) groups is 1. The van der Waals surface area contributed by atoms with Gasteiger partial charge in [0.15, 0.2) is 0 Å². The molecule has 32 heavy (non-hydrogen) atoms. The van der Waals surface area contributed by atoms with Gasteiger partial charge < -0.3 is 19.1 Å². The first kappa shape index (κ1) is 21.5. The highest BCUT2D eigenvalue weighted by Gasteiger charge is 2.25. The molecule has 3 aromatic rings. The van der Waals surface area contributed by atoms with Crippen molar-refractivity contribution < 1.29 is 19.0 Å². The lowest BCUT2D eigenvalue weighted by atomic mass is 9.95. The predicted octanol–water partition coefficient (Wildman–Crippen LogP) is 5.31. The highest BCUT2D eigenvalue weighted by atomic mass is 16.5.